The predicted molar refractivity (Wildman–Crippen MR) is 165 cm³/mol. The summed E-state index contributed by atoms with van der Waals surface area (Å²) in [6.07, 6.45) is 1.40. The lowest BCUT2D eigenvalue weighted by atomic mass is 9.99. The Hall–Kier alpha value is -5.25. The van der Waals surface area contributed by atoms with Crippen LogP contribution >= 0.6 is 0 Å². The van der Waals surface area contributed by atoms with Crippen LogP contribution in [0.25, 0.3) is 11.3 Å². The lowest BCUT2D eigenvalue weighted by molar-refractivity contribution is -0.118. The number of rotatable bonds is 10. The Morgan fingerprint density at radius 3 is 2.51 bits per heavy atom. The second kappa shape index (κ2) is 14.0. The maximum atomic E-state index is 13.9. The Morgan fingerprint density at radius 2 is 1.82 bits per heavy atom. The highest BCUT2D eigenvalue weighted by Crippen LogP contribution is 2.26. The van der Waals surface area contributed by atoms with Gasteiger partial charge in [0.1, 0.15) is 18.5 Å². The van der Waals surface area contributed by atoms with E-state index in [9.17, 15) is 28.4 Å². The van der Waals surface area contributed by atoms with Gasteiger partial charge in [0.25, 0.3) is 5.56 Å². The van der Waals surface area contributed by atoms with Crippen LogP contribution in [0.5, 0.6) is 0 Å². The molecule has 45 heavy (non-hydrogen) atoms. The van der Waals surface area contributed by atoms with Crippen LogP contribution in [0.1, 0.15) is 27.0 Å². The molecule has 1 amide bonds. The van der Waals surface area contributed by atoms with Gasteiger partial charge in [0.15, 0.2) is 11.6 Å². The molecular weight excluding hydrogens is 582 g/mol. The second-order valence-corrected chi connectivity index (χ2v) is 10.4. The van der Waals surface area contributed by atoms with E-state index in [4.69, 9.17) is 4.74 Å². The molecule has 0 saturated carbocycles. The zero-order valence-corrected chi connectivity index (χ0v) is 24.4. The molecule has 2 N–H and O–H groups in total. The normalized spacial score (nSPS) is 13.6. The van der Waals surface area contributed by atoms with Crippen molar-refractivity contribution in [3.8, 4) is 17.3 Å². The maximum absolute atomic E-state index is 13.9. The number of morpholine rings is 1. The first-order valence-electron chi connectivity index (χ1n) is 14.2. The largest absolute Gasteiger partial charge is 0.378 e. The highest BCUT2D eigenvalue weighted by molar-refractivity contribution is 6.09. The number of ketones is 1. The number of nitrogens with one attached hydrogen (secondary N) is 2. The molecule has 1 saturated heterocycles. The molecule has 5 rings (SSSR count). The standard InChI is InChI=1S/C33H30F2N6O4/c1-37-28(17-34)32(43)39-31-33(44)41(29(19-38-31)24-4-2-3-21(13-24)18-36)20-22-14-25(30(42)23-5-7-26(35)8-6-23)16-27(15-22)40-9-11-45-12-10-40/h2-8,13-16,19,28,37H,9-12,17,20H2,1H3,(H,38,39,43). The number of hydrogen-bond acceptors (Lipinski definition) is 8. The summed E-state index contributed by atoms with van der Waals surface area (Å²) >= 11 is 0. The van der Waals surface area contributed by atoms with Crippen molar-refractivity contribution >= 4 is 23.2 Å². The Labute approximate surface area is 257 Å². The summed E-state index contributed by atoms with van der Waals surface area (Å²) < 4.78 is 33.8. The third-order valence-corrected chi connectivity index (χ3v) is 7.47. The molecule has 0 bridgehead atoms. The summed E-state index contributed by atoms with van der Waals surface area (Å²) in [6.45, 7) is 1.15. The van der Waals surface area contributed by atoms with Crippen LogP contribution in [0.3, 0.4) is 0 Å². The van der Waals surface area contributed by atoms with E-state index >= 15 is 0 Å². The number of alkyl halides is 1. The van der Waals surface area contributed by atoms with Crippen LogP contribution < -0.4 is 21.1 Å². The van der Waals surface area contributed by atoms with Gasteiger partial charge in [-0.25, -0.2) is 13.8 Å². The van der Waals surface area contributed by atoms with E-state index in [1.165, 1.54) is 42.1 Å². The minimum Gasteiger partial charge on any atom is -0.378 e. The highest BCUT2D eigenvalue weighted by Gasteiger charge is 2.22. The fraction of sp³-hybridized carbons (Fsp3) is 0.242. The molecule has 3 aromatic carbocycles. The minimum absolute atomic E-state index is 0.0449. The van der Waals surface area contributed by atoms with Crippen molar-refractivity contribution in [3.63, 3.8) is 0 Å². The zero-order chi connectivity index (χ0) is 31.9. The predicted octanol–water partition coefficient (Wildman–Crippen LogP) is 3.53. The number of nitriles is 1. The molecular formula is C33H30F2N6O4. The topological polar surface area (TPSA) is 129 Å². The number of nitrogens with zero attached hydrogens (tertiary/aromatic N) is 4. The van der Waals surface area contributed by atoms with Crippen molar-refractivity contribution < 1.29 is 23.1 Å². The van der Waals surface area contributed by atoms with Crippen molar-refractivity contribution in [2.24, 2.45) is 0 Å². The zero-order valence-electron chi connectivity index (χ0n) is 24.4. The maximum Gasteiger partial charge on any atom is 0.294 e. The van der Waals surface area contributed by atoms with E-state index in [-0.39, 0.29) is 18.1 Å². The van der Waals surface area contributed by atoms with Crippen molar-refractivity contribution in [2.45, 2.75) is 12.6 Å². The summed E-state index contributed by atoms with van der Waals surface area (Å²) in [5.74, 6) is -1.86. The third-order valence-electron chi connectivity index (χ3n) is 7.47. The van der Waals surface area contributed by atoms with Crippen LogP contribution in [0.4, 0.5) is 20.3 Å². The number of carbonyl (C=O) groups excluding carboxylic acids is 2. The number of halogens is 2. The fourth-order valence-corrected chi connectivity index (χ4v) is 5.04. The number of aromatic nitrogens is 2. The van der Waals surface area contributed by atoms with E-state index in [0.717, 1.165) is 5.69 Å². The van der Waals surface area contributed by atoms with Crippen molar-refractivity contribution in [1.82, 2.24) is 14.9 Å². The van der Waals surface area contributed by atoms with Crippen LogP contribution in [0, 0.1) is 17.1 Å². The molecule has 10 nitrogen and oxygen atoms in total. The number of ether oxygens (including phenoxy) is 1. The monoisotopic (exact) mass is 612 g/mol. The molecule has 230 valence electrons. The summed E-state index contributed by atoms with van der Waals surface area (Å²) in [5, 5.41) is 14.4. The average Bonchev–Trinajstić information content (AvgIpc) is 3.07. The van der Waals surface area contributed by atoms with E-state index < -0.39 is 30.0 Å². The Morgan fingerprint density at radius 1 is 1.07 bits per heavy atom. The lowest BCUT2D eigenvalue weighted by Crippen LogP contribution is -2.41. The van der Waals surface area contributed by atoms with E-state index in [1.54, 1.807) is 36.4 Å². The first kappa shape index (κ1) is 31.2. The Kier molecular flexibility index (Phi) is 9.72. The SMILES string of the molecule is CNC(CF)C(=O)Nc1ncc(-c2cccc(C#N)c2)n(Cc2cc(C(=O)c3ccc(F)cc3)cc(N3CCOCC3)c2)c1=O. The lowest BCUT2D eigenvalue weighted by Gasteiger charge is -2.29. The second-order valence-electron chi connectivity index (χ2n) is 10.4. The molecule has 4 aromatic rings. The van der Waals surface area contributed by atoms with Gasteiger partial charge in [-0.15, -0.1) is 0 Å². The number of benzene rings is 3. The number of hydrogen-bond donors (Lipinski definition) is 2. The number of carbonyl (C=O) groups is 2. The quantitative estimate of drug-likeness (QED) is 0.260. The highest BCUT2D eigenvalue weighted by atomic mass is 19.1. The van der Waals surface area contributed by atoms with Crippen LogP contribution in [-0.2, 0) is 16.1 Å². The number of likely N-dealkylation sites (N-methyl/N-ethyl adjacent to an activating group) is 1. The fourth-order valence-electron chi connectivity index (χ4n) is 5.04. The van der Waals surface area contributed by atoms with Gasteiger partial charge in [0.2, 0.25) is 5.91 Å². The molecule has 1 aromatic heterocycles. The molecule has 1 atom stereocenters. The molecule has 1 fully saturated rings. The Bertz CT molecular complexity index is 1810. The van der Waals surface area contributed by atoms with E-state index in [0.29, 0.717) is 59.8 Å². The smallest absolute Gasteiger partial charge is 0.294 e. The molecule has 1 aliphatic heterocycles. The van der Waals surface area contributed by atoms with Crippen molar-refractivity contribution in [3.05, 3.63) is 111 Å². The molecule has 0 radical (unpaired) electrons. The van der Waals surface area contributed by atoms with Gasteiger partial charge in [0, 0.05) is 35.5 Å². The van der Waals surface area contributed by atoms with Gasteiger partial charge in [-0.3, -0.25) is 19.0 Å². The molecule has 12 heteroatoms. The molecule has 0 spiro atoms. The summed E-state index contributed by atoms with van der Waals surface area (Å²) in [7, 11) is 1.42. The summed E-state index contributed by atoms with van der Waals surface area (Å²) in [4.78, 5) is 46.3. The molecule has 1 aliphatic rings. The molecule has 2 heterocycles. The van der Waals surface area contributed by atoms with E-state index in [1.807, 2.05) is 6.07 Å². The number of anilines is 2. The first-order chi connectivity index (χ1) is 21.8. The van der Waals surface area contributed by atoms with Gasteiger partial charge in [-0.05, 0) is 67.2 Å². The number of amides is 1. The van der Waals surface area contributed by atoms with Crippen LogP contribution in [-0.4, -0.2) is 67.3 Å². The van der Waals surface area contributed by atoms with Crippen molar-refractivity contribution in [2.75, 3.05) is 50.2 Å². The van der Waals surface area contributed by atoms with Gasteiger partial charge < -0.3 is 20.3 Å². The van der Waals surface area contributed by atoms with Gasteiger partial charge in [-0.1, -0.05) is 12.1 Å². The van der Waals surface area contributed by atoms with Gasteiger partial charge in [0.05, 0.1) is 43.3 Å². The van der Waals surface area contributed by atoms with Crippen LogP contribution in [0.2, 0.25) is 0 Å². The first-order valence-corrected chi connectivity index (χ1v) is 14.2. The molecule has 0 aliphatic carbocycles. The van der Waals surface area contributed by atoms with Crippen molar-refractivity contribution in [1.29, 1.82) is 5.26 Å². The average molecular weight is 613 g/mol. The van der Waals surface area contributed by atoms with Gasteiger partial charge >= 0.3 is 0 Å². The minimum atomic E-state index is -1.18. The summed E-state index contributed by atoms with van der Waals surface area (Å²) in [6, 6.07) is 18.1. The summed E-state index contributed by atoms with van der Waals surface area (Å²) in [5.41, 5.74) is 2.55. The molecule has 1 unspecified atom stereocenters. The van der Waals surface area contributed by atoms with E-state index in [2.05, 4.69) is 26.6 Å². The Balaban J connectivity index is 1.63. The van der Waals surface area contributed by atoms with Gasteiger partial charge in [-0.2, -0.15) is 5.26 Å². The van der Waals surface area contributed by atoms with Crippen LogP contribution in [0.15, 0.2) is 77.7 Å². The third kappa shape index (κ3) is 7.12.